The van der Waals surface area contributed by atoms with Crippen molar-refractivity contribution >= 4 is 65.4 Å². The van der Waals surface area contributed by atoms with E-state index in [-0.39, 0.29) is 16.7 Å². The molecule has 40 heavy (non-hydrogen) atoms. The second-order valence-corrected chi connectivity index (χ2v) is 13.2. The normalized spacial score (nSPS) is 13.2. The summed E-state index contributed by atoms with van der Waals surface area (Å²) in [5, 5.41) is 4.59. The maximum Gasteiger partial charge on any atom is 0.261 e. The minimum Gasteiger partial charge on any atom is -0.337 e. The minimum atomic E-state index is -3.74. The molecule has 2 amide bonds. The molecule has 0 fully saturated rings. The summed E-state index contributed by atoms with van der Waals surface area (Å²) in [6, 6.07) is 22.3. The average molecular weight is 589 g/mol. The van der Waals surface area contributed by atoms with E-state index in [0.717, 1.165) is 31.2 Å². The van der Waals surface area contributed by atoms with Gasteiger partial charge in [0.1, 0.15) is 10.0 Å². The number of nitrogens with zero attached hydrogens (tertiary/aromatic N) is 2. The molecule has 0 unspecified atom stereocenters. The Kier molecular flexibility index (Phi) is 6.87. The fraction of sp³-hybridized carbons (Fsp3) is 0.138. The number of benzene rings is 3. The number of carbonyl (C=O) groups is 2. The minimum absolute atomic E-state index is 0.0224. The first kappa shape index (κ1) is 26.2. The van der Waals surface area contributed by atoms with E-state index in [9.17, 15) is 18.0 Å². The molecule has 202 valence electrons. The van der Waals surface area contributed by atoms with E-state index in [4.69, 9.17) is 4.98 Å². The van der Waals surface area contributed by atoms with Gasteiger partial charge in [0.2, 0.25) is 5.91 Å². The summed E-state index contributed by atoms with van der Waals surface area (Å²) in [5.74, 6) is -0.295. The molecule has 0 atom stereocenters. The number of aromatic nitrogens is 1. The molecule has 6 rings (SSSR count). The Labute approximate surface area is 239 Å². The summed E-state index contributed by atoms with van der Waals surface area (Å²) >= 11 is 3.04. The Morgan fingerprint density at radius 2 is 1.65 bits per heavy atom. The van der Waals surface area contributed by atoms with Gasteiger partial charge >= 0.3 is 0 Å². The van der Waals surface area contributed by atoms with Crippen molar-refractivity contribution in [2.24, 2.45) is 0 Å². The molecule has 2 aromatic heterocycles. The third-order valence-corrected chi connectivity index (χ3v) is 10.3. The molecular weight excluding hydrogens is 565 g/mol. The number of anilines is 2. The Morgan fingerprint density at radius 3 is 2.38 bits per heavy atom. The van der Waals surface area contributed by atoms with E-state index < -0.39 is 10.0 Å². The van der Waals surface area contributed by atoms with Crippen LogP contribution in [0.5, 0.6) is 0 Å². The van der Waals surface area contributed by atoms with Gasteiger partial charge in [0.15, 0.2) is 0 Å². The van der Waals surface area contributed by atoms with Gasteiger partial charge in [-0.05, 0) is 60.5 Å². The monoisotopic (exact) mass is 588 g/mol. The quantitative estimate of drug-likeness (QED) is 0.254. The predicted molar refractivity (Wildman–Crippen MR) is 159 cm³/mol. The second-order valence-electron chi connectivity index (χ2n) is 9.34. The van der Waals surface area contributed by atoms with Gasteiger partial charge in [-0.1, -0.05) is 30.3 Å². The van der Waals surface area contributed by atoms with Crippen molar-refractivity contribution in [2.45, 2.75) is 24.8 Å². The van der Waals surface area contributed by atoms with Crippen LogP contribution in [-0.4, -0.2) is 36.7 Å². The smallest absolute Gasteiger partial charge is 0.261 e. The number of amides is 2. The van der Waals surface area contributed by atoms with E-state index in [1.807, 2.05) is 29.2 Å². The first-order valence-electron chi connectivity index (χ1n) is 12.5. The van der Waals surface area contributed by atoms with Crippen LogP contribution < -0.4 is 10.0 Å². The first-order valence-corrected chi connectivity index (χ1v) is 15.7. The van der Waals surface area contributed by atoms with E-state index in [0.29, 0.717) is 35.8 Å². The average Bonchev–Trinajstić information content (AvgIpc) is 3.53. The standard InChI is InChI=1S/C29H24N4O4S3/c1-18(34)33-16-15-22-25(17-33)39-29(26(22)28-30-23-9-5-6-10-24(23)38-28)31-27(35)19-11-13-20(14-12-19)32-40(36,37)21-7-3-2-4-8-21/h2-14,32H,15-17H2,1H3,(H,31,35). The summed E-state index contributed by atoms with van der Waals surface area (Å²) in [6.45, 7) is 2.68. The number of fused-ring (bicyclic) bond motifs is 2. The highest BCUT2D eigenvalue weighted by atomic mass is 32.2. The van der Waals surface area contributed by atoms with Gasteiger partial charge < -0.3 is 10.2 Å². The van der Waals surface area contributed by atoms with Gasteiger partial charge in [-0.3, -0.25) is 14.3 Å². The van der Waals surface area contributed by atoms with Crippen molar-refractivity contribution in [3.8, 4) is 10.6 Å². The number of hydrogen-bond acceptors (Lipinski definition) is 7. The molecule has 0 saturated heterocycles. The van der Waals surface area contributed by atoms with Crippen molar-refractivity contribution in [1.29, 1.82) is 0 Å². The predicted octanol–water partition coefficient (Wildman–Crippen LogP) is 5.98. The lowest BCUT2D eigenvalue weighted by Gasteiger charge is -2.26. The summed E-state index contributed by atoms with van der Waals surface area (Å²) in [7, 11) is -3.74. The molecule has 0 saturated carbocycles. The largest absolute Gasteiger partial charge is 0.337 e. The third kappa shape index (κ3) is 5.10. The number of sulfonamides is 1. The molecule has 3 heterocycles. The lowest BCUT2D eigenvalue weighted by atomic mass is 10.0. The van der Waals surface area contributed by atoms with Crippen LogP contribution >= 0.6 is 22.7 Å². The zero-order chi connectivity index (χ0) is 27.9. The Morgan fingerprint density at radius 1 is 0.925 bits per heavy atom. The van der Waals surface area contributed by atoms with Crippen LogP contribution in [0.25, 0.3) is 20.8 Å². The van der Waals surface area contributed by atoms with Crippen molar-refractivity contribution in [3.05, 3.63) is 94.9 Å². The molecular formula is C29H24N4O4S3. The SMILES string of the molecule is CC(=O)N1CCc2c(sc(NC(=O)c3ccc(NS(=O)(=O)c4ccccc4)cc3)c2-c2nc3ccccc3s2)C1. The van der Waals surface area contributed by atoms with Crippen molar-refractivity contribution in [3.63, 3.8) is 0 Å². The van der Waals surface area contributed by atoms with Crippen LogP contribution in [0.2, 0.25) is 0 Å². The van der Waals surface area contributed by atoms with Crippen LogP contribution in [0.4, 0.5) is 10.7 Å². The van der Waals surface area contributed by atoms with Crippen LogP contribution in [0.15, 0.2) is 83.8 Å². The molecule has 1 aliphatic rings. The first-order chi connectivity index (χ1) is 19.3. The number of rotatable bonds is 6. The molecule has 2 N–H and O–H groups in total. The zero-order valence-corrected chi connectivity index (χ0v) is 23.8. The fourth-order valence-electron chi connectivity index (χ4n) is 4.64. The molecule has 0 aliphatic carbocycles. The zero-order valence-electron chi connectivity index (χ0n) is 21.4. The number of thiophene rings is 1. The maximum absolute atomic E-state index is 13.3. The summed E-state index contributed by atoms with van der Waals surface area (Å²) in [5.41, 5.74) is 3.66. The summed E-state index contributed by atoms with van der Waals surface area (Å²) < 4.78 is 28.9. The van der Waals surface area contributed by atoms with Crippen molar-refractivity contribution in [2.75, 3.05) is 16.6 Å². The van der Waals surface area contributed by atoms with Crippen LogP contribution in [0.3, 0.4) is 0 Å². The molecule has 8 nitrogen and oxygen atoms in total. The van der Waals surface area contributed by atoms with E-state index in [2.05, 4.69) is 10.0 Å². The topological polar surface area (TPSA) is 108 Å². The highest BCUT2D eigenvalue weighted by Gasteiger charge is 2.28. The fourth-order valence-corrected chi connectivity index (χ4v) is 8.09. The van der Waals surface area contributed by atoms with Crippen LogP contribution in [0.1, 0.15) is 27.7 Å². The van der Waals surface area contributed by atoms with Gasteiger partial charge in [-0.15, -0.1) is 22.7 Å². The molecule has 3 aromatic carbocycles. The van der Waals surface area contributed by atoms with Gasteiger partial charge in [-0.25, -0.2) is 13.4 Å². The third-order valence-electron chi connectivity index (χ3n) is 6.69. The van der Waals surface area contributed by atoms with Crippen molar-refractivity contribution in [1.82, 2.24) is 9.88 Å². The van der Waals surface area contributed by atoms with Gasteiger partial charge in [0.05, 0.1) is 21.7 Å². The van der Waals surface area contributed by atoms with E-state index in [1.54, 1.807) is 60.7 Å². The number of carbonyl (C=O) groups excluding carboxylic acids is 2. The lowest BCUT2D eigenvalue weighted by molar-refractivity contribution is -0.129. The number of nitrogens with one attached hydrogen (secondary N) is 2. The van der Waals surface area contributed by atoms with Crippen molar-refractivity contribution < 1.29 is 18.0 Å². The Bertz CT molecular complexity index is 1810. The van der Waals surface area contributed by atoms with Gasteiger partial charge in [0.25, 0.3) is 15.9 Å². The number of thiazole rings is 1. The van der Waals surface area contributed by atoms with E-state index in [1.165, 1.54) is 23.5 Å². The highest BCUT2D eigenvalue weighted by Crippen LogP contribution is 2.45. The van der Waals surface area contributed by atoms with E-state index >= 15 is 0 Å². The van der Waals surface area contributed by atoms with Crippen LogP contribution in [0, 0.1) is 0 Å². The molecule has 5 aromatic rings. The second kappa shape index (κ2) is 10.5. The maximum atomic E-state index is 13.3. The number of para-hydroxylation sites is 1. The molecule has 0 bridgehead atoms. The molecule has 0 radical (unpaired) electrons. The number of hydrogen-bond donors (Lipinski definition) is 2. The summed E-state index contributed by atoms with van der Waals surface area (Å²) in [6.07, 6.45) is 0.683. The highest BCUT2D eigenvalue weighted by molar-refractivity contribution is 7.92. The van der Waals surface area contributed by atoms with Gasteiger partial charge in [0, 0.05) is 35.2 Å². The lowest BCUT2D eigenvalue weighted by Crippen LogP contribution is -2.33. The summed E-state index contributed by atoms with van der Waals surface area (Å²) in [4.78, 5) is 33.3. The Hall–Kier alpha value is -4.06. The molecule has 1 aliphatic heterocycles. The molecule has 11 heteroatoms. The Balaban J connectivity index is 1.28. The van der Waals surface area contributed by atoms with Crippen LogP contribution in [-0.2, 0) is 27.8 Å². The van der Waals surface area contributed by atoms with Gasteiger partial charge in [-0.2, -0.15) is 0 Å². The molecule has 0 spiro atoms.